The first-order valence-electron chi connectivity index (χ1n) is 14.5. The molecule has 10 nitrogen and oxygen atoms in total. The number of benzene rings is 3. The highest BCUT2D eigenvalue weighted by Gasteiger charge is 2.23. The lowest BCUT2D eigenvalue weighted by atomic mass is 9.93. The normalized spacial score (nSPS) is 16.9. The second kappa shape index (κ2) is 13.0. The van der Waals surface area contributed by atoms with E-state index in [2.05, 4.69) is 19.5 Å². The Morgan fingerprint density at radius 2 is 1.80 bits per heavy atom. The Hall–Kier alpha value is -5.22. The van der Waals surface area contributed by atoms with Crippen molar-refractivity contribution in [1.29, 1.82) is 0 Å². The number of pyridine rings is 1. The van der Waals surface area contributed by atoms with E-state index in [4.69, 9.17) is 14.2 Å². The second-order valence-electron chi connectivity index (χ2n) is 10.6. The van der Waals surface area contributed by atoms with E-state index in [9.17, 15) is 14.7 Å². The molecule has 1 saturated carbocycles. The molecule has 1 amide bonds. The highest BCUT2D eigenvalue weighted by Crippen LogP contribution is 2.32. The molecule has 1 aliphatic rings. The Balaban J connectivity index is 1.24. The highest BCUT2D eigenvalue weighted by atomic mass is 16.5. The van der Waals surface area contributed by atoms with E-state index in [-0.39, 0.29) is 41.5 Å². The molecule has 3 aromatic carbocycles. The molecule has 0 atom stereocenters. The number of aromatic amines is 1. The average Bonchev–Trinajstić information content (AvgIpc) is 3.42. The fraction of sp³-hybridized carbons (Fsp3) is 0.235. The Morgan fingerprint density at radius 3 is 2.57 bits per heavy atom. The van der Waals surface area contributed by atoms with Gasteiger partial charge in [0.2, 0.25) is 11.5 Å². The van der Waals surface area contributed by atoms with E-state index < -0.39 is 5.91 Å². The van der Waals surface area contributed by atoms with Crippen molar-refractivity contribution in [3.8, 4) is 23.1 Å². The second-order valence-corrected chi connectivity index (χ2v) is 10.6. The summed E-state index contributed by atoms with van der Waals surface area (Å²) in [6.45, 7) is 0.243. The van der Waals surface area contributed by atoms with Gasteiger partial charge in [-0.3, -0.25) is 9.59 Å². The number of hydrogen-bond donors (Lipinski definition) is 2. The summed E-state index contributed by atoms with van der Waals surface area (Å²) < 4.78 is 19.2. The topological polar surface area (TPSA) is 128 Å². The molecule has 0 saturated heterocycles. The Morgan fingerprint density at radius 1 is 1.02 bits per heavy atom. The first-order chi connectivity index (χ1) is 21.5. The van der Waals surface area contributed by atoms with Crippen LogP contribution in [0.25, 0.3) is 11.0 Å². The molecule has 0 bridgehead atoms. The first-order valence-corrected chi connectivity index (χ1v) is 14.5. The lowest BCUT2D eigenvalue weighted by molar-refractivity contribution is 0.0989. The number of ether oxygens (including phenoxy) is 3. The third-order valence-electron chi connectivity index (χ3n) is 7.77. The van der Waals surface area contributed by atoms with Crippen molar-refractivity contribution >= 4 is 23.2 Å². The molecule has 1 fully saturated rings. The first kappa shape index (κ1) is 28.9. The van der Waals surface area contributed by atoms with Crippen molar-refractivity contribution in [3.05, 3.63) is 107 Å². The zero-order chi connectivity index (χ0) is 30.5. The predicted octanol–water partition coefficient (Wildman–Crippen LogP) is 5.77. The molecule has 0 radical (unpaired) electrons. The van der Waals surface area contributed by atoms with Crippen LogP contribution in [0.5, 0.6) is 23.1 Å². The monoisotopic (exact) mass is 592 g/mol. The molecule has 224 valence electrons. The quantitative estimate of drug-likeness (QED) is 0.208. The molecule has 1 aliphatic carbocycles. The van der Waals surface area contributed by atoms with Crippen LogP contribution >= 0.6 is 0 Å². The van der Waals surface area contributed by atoms with E-state index in [1.165, 1.54) is 12.3 Å². The smallest absolute Gasteiger partial charge is 0.280 e. The summed E-state index contributed by atoms with van der Waals surface area (Å²) in [6.07, 6.45) is 4.82. The zero-order valence-corrected chi connectivity index (χ0v) is 24.2. The minimum absolute atomic E-state index is 0.110. The fourth-order valence-electron chi connectivity index (χ4n) is 5.46. The summed E-state index contributed by atoms with van der Waals surface area (Å²) >= 11 is 0. The van der Waals surface area contributed by atoms with Crippen molar-refractivity contribution in [3.63, 3.8) is 0 Å². The summed E-state index contributed by atoms with van der Waals surface area (Å²) in [5.74, 6) is 1.00. The van der Waals surface area contributed by atoms with Gasteiger partial charge in [0.25, 0.3) is 5.91 Å². The van der Waals surface area contributed by atoms with Gasteiger partial charge in [-0.25, -0.2) is 4.98 Å². The van der Waals surface area contributed by atoms with Crippen LogP contribution in [0.2, 0.25) is 0 Å². The van der Waals surface area contributed by atoms with Crippen LogP contribution in [0.1, 0.15) is 58.0 Å². The summed E-state index contributed by atoms with van der Waals surface area (Å²) in [6, 6.07) is 23.5. The van der Waals surface area contributed by atoms with Gasteiger partial charge in [0.15, 0.2) is 6.29 Å². The fourth-order valence-corrected chi connectivity index (χ4v) is 5.46. The minimum Gasteiger partial charge on any atom is -0.497 e. The molecule has 10 heteroatoms. The number of amides is 1. The predicted molar refractivity (Wildman–Crippen MR) is 163 cm³/mol. The maximum absolute atomic E-state index is 13.4. The van der Waals surface area contributed by atoms with Crippen LogP contribution in [-0.4, -0.2) is 45.0 Å². The number of methoxy groups -OCH3 is 1. The van der Waals surface area contributed by atoms with Crippen LogP contribution in [0.4, 0.5) is 0 Å². The molecule has 2 N–H and O–H groups in total. The number of aldehydes is 1. The van der Waals surface area contributed by atoms with Gasteiger partial charge in [0, 0.05) is 23.9 Å². The molecule has 2 heterocycles. The molecule has 0 spiro atoms. The Kier molecular flexibility index (Phi) is 8.51. The van der Waals surface area contributed by atoms with Gasteiger partial charge < -0.3 is 28.9 Å². The Labute approximate surface area is 253 Å². The van der Waals surface area contributed by atoms with E-state index in [1.54, 1.807) is 31.4 Å². The maximum atomic E-state index is 13.4. The third-order valence-corrected chi connectivity index (χ3v) is 7.77. The van der Waals surface area contributed by atoms with Gasteiger partial charge in [0.1, 0.15) is 23.9 Å². The number of aliphatic hydroxyl groups is 1. The van der Waals surface area contributed by atoms with E-state index in [1.807, 2.05) is 48.5 Å². The average molecular weight is 593 g/mol. The lowest BCUT2D eigenvalue weighted by Crippen LogP contribution is -2.29. The van der Waals surface area contributed by atoms with Crippen molar-refractivity contribution in [1.82, 2.24) is 14.5 Å². The van der Waals surface area contributed by atoms with E-state index in [0.717, 1.165) is 35.2 Å². The molecular formula is C34H32N4O6. The SMILES string of the molecule is COc1ccc(COc2cccc(Oc3cc(C(=O)/N=c4\[nH]c5ccccc5n4C4CCC(O)CC4)ccn3)c2C=O)cc1. The van der Waals surface area contributed by atoms with E-state index in [0.29, 0.717) is 30.5 Å². The number of aliphatic hydroxyl groups excluding tert-OH is 1. The van der Waals surface area contributed by atoms with Gasteiger partial charge in [-0.05, 0) is 73.7 Å². The summed E-state index contributed by atoms with van der Waals surface area (Å²) in [4.78, 5) is 37.5. The standard InChI is InChI=1S/C34H32N4O6/c1-42-26-15-9-22(10-16-26)21-43-30-7-4-8-31(27(30)20-39)44-32-19-23(17-18-35-32)33(41)37-34-36-28-5-2-3-6-29(28)38(34)24-11-13-25(40)14-12-24/h2-10,15-20,24-25,40H,11-14,21H2,1H3,(H,36,37,41). The number of H-pyrrole nitrogens is 1. The summed E-state index contributed by atoms with van der Waals surface area (Å²) in [7, 11) is 1.60. The number of para-hydroxylation sites is 2. The van der Waals surface area contributed by atoms with Crippen LogP contribution in [0, 0.1) is 0 Å². The molecule has 0 aliphatic heterocycles. The number of nitrogens with one attached hydrogen (secondary N) is 1. The van der Waals surface area contributed by atoms with Gasteiger partial charge in [-0.2, -0.15) is 4.99 Å². The number of carbonyl (C=O) groups excluding carboxylic acids is 2. The Bertz CT molecular complexity index is 1850. The largest absolute Gasteiger partial charge is 0.497 e. The number of nitrogens with zero attached hydrogens (tertiary/aromatic N) is 3. The number of aromatic nitrogens is 3. The number of carbonyl (C=O) groups is 2. The van der Waals surface area contributed by atoms with Gasteiger partial charge in [0.05, 0.1) is 29.8 Å². The van der Waals surface area contributed by atoms with Crippen molar-refractivity contribution in [2.75, 3.05) is 7.11 Å². The van der Waals surface area contributed by atoms with Gasteiger partial charge in [-0.1, -0.05) is 30.3 Å². The van der Waals surface area contributed by atoms with E-state index >= 15 is 0 Å². The van der Waals surface area contributed by atoms with Crippen molar-refractivity contribution in [2.24, 2.45) is 4.99 Å². The summed E-state index contributed by atoms with van der Waals surface area (Å²) in [5.41, 5.74) is 3.68. The molecule has 0 unspecified atom stereocenters. The molecule has 6 rings (SSSR count). The zero-order valence-electron chi connectivity index (χ0n) is 24.2. The van der Waals surface area contributed by atoms with Crippen LogP contribution in [0.3, 0.4) is 0 Å². The third kappa shape index (κ3) is 6.25. The van der Waals surface area contributed by atoms with Gasteiger partial charge >= 0.3 is 0 Å². The highest BCUT2D eigenvalue weighted by molar-refractivity contribution is 5.95. The van der Waals surface area contributed by atoms with Crippen LogP contribution in [-0.2, 0) is 6.61 Å². The molecule has 44 heavy (non-hydrogen) atoms. The molecule has 2 aromatic heterocycles. The van der Waals surface area contributed by atoms with Crippen LogP contribution in [0.15, 0.2) is 90.1 Å². The number of rotatable bonds is 9. The van der Waals surface area contributed by atoms with Crippen LogP contribution < -0.4 is 19.8 Å². The molecular weight excluding hydrogens is 560 g/mol. The maximum Gasteiger partial charge on any atom is 0.280 e. The van der Waals surface area contributed by atoms with Crippen molar-refractivity contribution in [2.45, 2.75) is 44.4 Å². The van der Waals surface area contributed by atoms with Crippen molar-refractivity contribution < 1.29 is 28.9 Å². The van der Waals surface area contributed by atoms with Gasteiger partial charge in [-0.15, -0.1) is 0 Å². The number of imidazole rings is 1. The molecule has 5 aromatic rings. The minimum atomic E-state index is -0.472. The lowest BCUT2D eigenvalue weighted by Gasteiger charge is -2.27. The summed E-state index contributed by atoms with van der Waals surface area (Å²) in [5, 5.41) is 10.0. The number of hydrogen-bond acceptors (Lipinski definition) is 7. The number of fused-ring (bicyclic) bond motifs is 1.